The molecule has 0 aliphatic heterocycles. The van der Waals surface area contributed by atoms with Crippen molar-refractivity contribution < 1.29 is 9.47 Å². The van der Waals surface area contributed by atoms with Crippen molar-refractivity contribution in [2.24, 2.45) is 5.92 Å². The second kappa shape index (κ2) is 11.9. The van der Waals surface area contributed by atoms with E-state index >= 15 is 0 Å². The third-order valence-electron chi connectivity index (χ3n) is 4.50. The summed E-state index contributed by atoms with van der Waals surface area (Å²) in [5.41, 5.74) is 6.76. The fourth-order valence-corrected chi connectivity index (χ4v) is 3.27. The lowest BCUT2D eigenvalue weighted by Gasteiger charge is -2.15. The molecule has 3 aromatic rings. The third-order valence-corrected chi connectivity index (χ3v) is 5.25. The number of halogens is 2. The average Bonchev–Trinajstić information content (AvgIpc) is 3.56. The minimum Gasteiger partial charge on any atom is -0.495 e. The first-order valence-corrected chi connectivity index (χ1v) is 11.3. The normalized spacial score (nSPS) is 12.2. The highest BCUT2D eigenvalue weighted by Gasteiger charge is 2.22. The SMILES string of the molecule is CC1CC1.CCC.CNc1nc(-c2c(Cl)c(OC)cc(OC)c2Cl)nc2cnc(N)cc12. The van der Waals surface area contributed by atoms with Gasteiger partial charge in [0.05, 0.1) is 41.5 Å². The Morgan fingerprint density at radius 3 is 2.03 bits per heavy atom. The molecule has 0 radical (unpaired) electrons. The van der Waals surface area contributed by atoms with Gasteiger partial charge in [0.25, 0.3) is 0 Å². The van der Waals surface area contributed by atoms with Crippen molar-refractivity contribution in [2.45, 2.75) is 40.0 Å². The molecule has 1 saturated carbocycles. The molecule has 0 saturated heterocycles. The summed E-state index contributed by atoms with van der Waals surface area (Å²) in [7, 11) is 4.76. The van der Waals surface area contributed by atoms with Crippen LogP contribution in [0.1, 0.15) is 40.0 Å². The van der Waals surface area contributed by atoms with Gasteiger partial charge in [-0.1, -0.05) is 63.2 Å². The van der Waals surface area contributed by atoms with E-state index in [0.717, 1.165) is 11.3 Å². The summed E-state index contributed by atoms with van der Waals surface area (Å²) >= 11 is 12.9. The van der Waals surface area contributed by atoms with Crippen molar-refractivity contribution in [1.29, 1.82) is 0 Å². The number of nitrogens with zero attached hydrogens (tertiary/aromatic N) is 3. The van der Waals surface area contributed by atoms with Crippen LogP contribution < -0.4 is 20.5 Å². The van der Waals surface area contributed by atoms with Crippen molar-refractivity contribution >= 4 is 45.7 Å². The van der Waals surface area contributed by atoms with Gasteiger partial charge in [0.1, 0.15) is 23.1 Å². The van der Waals surface area contributed by atoms with Gasteiger partial charge >= 0.3 is 0 Å². The minimum absolute atomic E-state index is 0.290. The second-order valence-electron chi connectivity index (χ2n) is 7.45. The fourth-order valence-electron chi connectivity index (χ4n) is 2.60. The monoisotopic (exact) mass is 479 g/mol. The Kier molecular flexibility index (Phi) is 9.60. The molecule has 32 heavy (non-hydrogen) atoms. The summed E-state index contributed by atoms with van der Waals surface area (Å²) in [6.07, 6.45) is 5.79. The number of hydrogen-bond donors (Lipinski definition) is 2. The number of methoxy groups -OCH3 is 2. The summed E-state index contributed by atoms with van der Waals surface area (Å²) in [4.78, 5) is 13.1. The number of anilines is 2. The Morgan fingerprint density at radius 1 is 1.06 bits per heavy atom. The maximum absolute atomic E-state index is 6.45. The van der Waals surface area contributed by atoms with E-state index in [9.17, 15) is 0 Å². The predicted molar refractivity (Wildman–Crippen MR) is 134 cm³/mol. The van der Waals surface area contributed by atoms with Crippen molar-refractivity contribution in [3.63, 3.8) is 0 Å². The Bertz CT molecular complexity index is 1030. The second-order valence-corrected chi connectivity index (χ2v) is 8.20. The highest BCUT2D eigenvalue weighted by atomic mass is 35.5. The molecule has 1 fully saturated rings. The zero-order valence-electron chi connectivity index (χ0n) is 19.4. The minimum atomic E-state index is 0.290. The number of nitrogen functional groups attached to an aromatic ring is 1. The number of hydrogen-bond acceptors (Lipinski definition) is 7. The Labute approximate surface area is 199 Å². The topological polar surface area (TPSA) is 95.2 Å². The molecule has 9 heteroatoms. The lowest BCUT2D eigenvalue weighted by atomic mass is 10.1. The van der Waals surface area contributed by atoms with E-state index in [-0.39, 0.29) is 10.0 Å². The molecule has 2 heterocycles. The summed E-state index contributed by atoms with van der Waals surface area (Å²) in [5.74, 6) is 3.16. The Hall–Kier alpha value is -2.51. The molecule has 1 aromatic carbocycles. The van der Waals surface area contributed by atoms with Crippen molar-refractivity contribution in [1.82, 2.24) is 15.0 Å². The summed E-state index contributed by atoms with van der Waals surface area (Å²) in [6, 6.07) is 3.30. The molecule has 0 bridgehead atoms. The maximum Gasteiger partial charge on any atom is 0.165 e. The molecule has 0 atom stereocenters. The van der Waals surface area contributed by atoms with Crippen LogP contribution in [0.25, 0.3) is 22.3 Å². The van der Waals surface area contributed by atoms with E-state index < -0.39 is 0 Å². The fraction of sp³-hybridized carbons (Fsp3) is 0.435. The molecular weight excluding hydrogens is 449 g/mol. The number of rotatable bonds is 4. The van der Waals surface area contributed by atoms with Crippen LogP contribution in [0.15, 0.2) is 18.3 Å². The number of nitrogens with one attached hydrogen (secondary N) is 1. The Morgan fingerprint density at radius 2 is 1.59 bits per heavy atom. The van der Waals surface area contributed by atoms with Crippen molar-refractivity contribution in [3.05, 3.63) is 28.4 Å². The molecule has 2 aromatic heterocycles. The highest BCUT2D eigenvalue weighted by Crippen LogP contribution is 2.45. The molecule has 7 nitrogen and oxygen atoms in total. The summed E-state index contributed by atoms with van der Waals surface area (Å²) in [6.45, 7) is 6.53. The number of ether oxygens (including phenoxy) is 2. The lowest BCUT2D eigenvalue weighted by molar-refractivity contribution is 0.395. The molecule has 0 amide bonds. The van der Waals surface area contributed by atoms with Gasteiger partial charge in [-0.2, -0.15) is 0 Å². The van der Waals surface area contributed by atoms with Crippen LogP contribution in [0.2, 0.25) is 10.0 Å². The zero-order chi connectivity index (χ0) is 23.8. The third kappa shape index (κ3) is 6.26. The van der Waals surface area contributed by atoms with Crippen LogP contribution in [0.4, 0.5) is 11.6 Å². The summed E-state index contributed by atoms with van der Waals surface area (Å²) in [5, 5.41) is 4.34. The van der Waals surface area contributed by atoms with Gasteiger partial charge in [0.15, 0.2) is 5.82 Å². The van der Waals surface area contributed by atoms with Gasteiger partial charge in [0, 0.05) is 18.5 Å². The van der Waals surface area contributed by atoms with E-state index in [1.807, 2.05) is 0 Å². The molecule has 3 N–H and O–H groups in total. The van der Waals surface area contributed by atoms with Gasteiger partial charge in [0.2, 0.25) is 0 Å². The van der Waals surface area contributed by atoms with E-state index in [0.29, 0.717) is 40.0 Å². The van der Waals surface area contributed by atoms with Gasteiger partial charge in [-0.05, 0) is 12.0 Å². The molecular formula is C23H31Cl2N5O2. The number of pyridine rings is 1. The number of benzene rings is 1. The quantitative estimate of drug-likeness (QED) is 0.442. The predicted octanol–water partition coefficient (Wildman–Crippen LogP) is 6.47. The Balaban J connectivity index is 0.000000448. The first kappa shape index (κ1) is 25.7. The molecule has 1 aliphatic rings. The smallest absolute Gasteiger partial charge is 0.165 e. The zero-order valence-corrected chi connectivity index (χ0v) is 20.9. The molecule has 0 spiro atoms. The van der Waals surface area contributed by atoms with Gasteiger partial charge in [-0.25, -0.2) is 15.0 Å². The standard InChI is InChI=1S/C16H15Cl2N5O2.C4H8.C3H8/c1-20-15-7-4-11(19)21-6-8(7)22-16(23-15)12-13(17)9(24-2)5-10(25-3)14(12)18;1-4-2-3-4;1-3-2/h4-6H,1-3H3,(H2,19,21)(H,20,22,23);4H,2-3H2,1H3;3H2,1-2H3. The van der Waals surface area contributed by atoms with Crippen LogP contribution >= 0.6 is 23.2 Å². The van der Waals surface area contributed by atoms with Gasteiger partial charge in [-0.15, -0.1) is 0 Å². The van der Waals surface area contributed by atoms with Crippen molar-refractivity contribution in [3.8, 4) is 22.9 Å². The van der Waals surface area contributed by atoms with Crippen LogP contribution in [-0.4, -0.2) is 36.2 Å². The number of nitrogens with two attached hydrogens (primary N) is 1. The van der Waals surface area contributed by atoms with Gasteiger partial charge in [-0.3, -0.25) is 0 Å². The number of fused-ring (bicyclic) bond motifs is 1. The van der Waals surface area contributed by atoms with E-state index in [4.69, 9.17) is 38.4 Å². The molecule has 174 valence electrons. The molecule has 0 unspecified atom stereocenters. The van der Waals surface area contributed by atoms with Crippen LogP contribution in [-0.2, 0) is 0 Å². The highest BCUT2D eigenvalue weighted by molar-refractivity contribution is 6.41. The molecule has 4 rings (SSSR count). The van der Waals surface area contributed by atoms with E-state index in [1.165, 1.54) is 33.5 Å². The molecule has 1 aliphatic carbocycles. The number of aromatic nitrogens is 3. The van der Waals surface area contributed by atoms with Crippen molar-refractivity contribution in [2.75, 3.05) is 32.3 Å². The van der Waals surface area contributed by atoms with Gasteiger partial charge < -0.3 is 20.5 Å². The van der Waals surface area contributed by atoms with E-state index in [2.05, 4.69) is 41.0 Å². The maximum atomic E-state index is 6.45. The van der Waals surface area contributed by atoms with Crippen LogP contribution in [0.5, 0.6) is 11.5 Å². The first-order valence-electron chi connectivity index (χ1n) is 10.5. The van der Waals surface area contributed by atoms with E-state index in [1.54, 1.807) is 25.4 Å². The average molecular weight is 480 g/mol. The largest absolute Gasteiger partial charge is 0.495 e. The van der Waals surface area contributed by atoms with Crippen LogP contribution in [0.3, 0.4) is 0 Å². The first-order chi connectivity index (χ1) is 15.3. The van der Waals surface area contributed by atoms with Crippen LogP contribution in [0, 0.1) is 5.92 Å². The summed E-state index contributed by atoms with van der Waals surface area (Å²) < 4.78 is 10.6. The lowest BCUT2D eigenvalue weighted by Crippen LogP contribution is -2.02.